The number of hydrogen-bond acceptors (Lipinski definition) is 4. The van der Waals surface area contributed by atoms with E-state index in [2.05, 4.69) is 21.7 Å². The minimum absolute atomic E-state index is 0. The number of nitrogens with one attached hydrogen (secondary N) is 2. The Kier molecular flexibility index (Phi) is 11.1. The third-order valence-corrected chi connectivity index (χ3v) is 3.92. The summed E-state index contributed by atoms with van der Waals surface area (Å²) in [7, 11) is 0. The largest absolute Gasteiger partial charge is 0.491 e. The van der Waals surface area contributed by atoms with E-state index >= 15 is 0 Å². The predicted octanol–water partition coefficient (Wildman–Crippen LogP) is 3.75. The van der Waals surface area contributed by atoms with Gasteiger partial charge in [-0.1, -0.05) is 24.3 Å². The van der Waals surface area contributed by atoms with Gasteiger partial charge >= 0.3 is 0 Å². The highest BCUT2D eigenvalue weighted by atomic mass is 127. The zero-order valence-electron chi connectivity index (χ0n) is 17.1. The van der Waals surface area contributed by atoms with Gasteiger partial charge in [0.1, 0.15) is 5.75 Å². The molecule has 0 spiro atoms. The molecule has 0 fully saturated rings. The number of aliphatic hydroxyl groups is 1. The number of guanidine groups is 1. The Labute approximate surface area is 190 Å². The lowest BCUT2D eigenvalue weighted by molar-refractivity contribution is 0.180. The van der Waals surface area contributed by atoms with Gasteiger partial charge in [0.15, 0.2) is 5.96 Å². The van der Waals surface area contributed by atoms with Crippen molar-refractivity contribution < 1.29 is 9.84 Å². The minimum Gasteiger partial charge on any atom is -0.491 e. The zero-order valence-corrected chi connectivity index (χ0v) is 19.4. The average Bonchev–Trinajstić information content (AvgIpc) is 2.70. The number of rotatable bonds is 8. The number of hydrogen-bond donors (Lipinski definition) is 3. The molecule has 7 heteroatoms. The quantitative estimate of drug-likeness (QED) is 0.287. The Hall–Kier alpha value is -2.31. The third kappa shape index (κ3) is 8.71. The molecule has 0 saturated carbocycles. The smallest absolute Gasteiger partial charge is 0.191 e. The summed E-state index contributed by atoms with van der Waals surface area (Å²) in [4.78, 5) is 4.53. The first kappa shape index (κ1) is 24.7. The Morgan fingerprint density at radius 1 is 1.17 bits per heavy atom. The Morgan fingerprint density at radius 3 is 2.52 bits per heavy atom. The fourth-order valence-corrected chi connectivity index (χ4v) is 2.60. The lowest BCUT2D eigenvalue weighted by Crippen LogP contribution is -2.39. The van der Waals surface area contributed by atoms with Crippen LogP contribution >= 0.6 is 24.0 Å². The summed E-state index contributed by atoms with van der Waals surface area (Å²) in [6.07, 6.45) is -0.552. The van der Waals surface area contributed by atoms with Crippen LogP contribution in [0, 0.1) is 11.3 Å². The van der Waals surface area contributed by atoms with Crippen molar-refractivity contribution in [1.29, 1.82) is 5.26 Å². The number of aliphatic hydroxyl groups excluding tert-OH is 1. The summed E-state index contributed by atoms with van der Waals surface area (Å²) in [5, 5.41) is 25.8. The SMILES string of the molecule is CCNC(=NCc1cccc(C#N)c1)NCC(O)c1ccc(OC(C)C)cc1.I. The van der Waals surface area contributed by atoms with Gasteiger partial charge in [0.25, 0.3) is 0 Å². The topological polar surface area (TPSA) is 89.7 Å². The van der Waals surface area contributed by atoms with E-state index in [1.807, 2.05) is 63.2 Å². The van der Waals surface area contributed by atoms with Crippen LogP contribution in [0.4, 0.5) is 0 Å². The van der Waals surface area contributed by atoms with Crippen molar-refractivity contribution in [2.75, 3.05) is 13.1 Å². The van der Waals surface area contributed by atoms with Gasteiger partial charge in [-0.05, 0) is 56.2 Å². The highest BCUT2D eigenvalue weighted by molar-refractivity contribution is 14.0. The van der Waals surface area contributed by atoms with Gasteiger partial charge in [0.05, 0.1) is 30.4 Å². The van der Waals surface area contributed by atoms with Gasteiger partial charge in [-0.3, -0.25) is 0 Å². The summed E-state index contributed by atoms with van der Waals surface area (Å²) in [6, 6.07) is 17.0. The van der Waals surface area contributed by atoms with Crippen molar-refractivity contribution >= 4 is 29.9 Å². The zero-order chi connectivity index (χ0) is 20.4. The molecule has 0 amide bonds. The molecule has 2 rings (SSSR count). The lowest BCUT2D eigenvalue weighted by atomic mass is 10.1. The van der Waals surface area contributed by atoms with Crippen molar-refractivity contribution in [3.8, 4) is 11.8 Å². The second kappa shape index (κ2) is 13.0. The lowest BCUT2D eigenvalue weighted by Gasteiger charge is -2.16. The highest BCUT2D eigenvalue weighted by Crippen LogP contribution is 2.18. The van der Waals surface area contributed by atoms with Gasteiger partial charge < -0.3 is 20.5 Å². The van der Waals surface area contributed by atoms with Crippen LogP contribution < -0.4 is 15.4 Å². The third-order valence-electron chi connectivity index (χ3n) is 3.92. The summed E-state index contributed by atoms with van der Waals surface area (Å²) >= 11 is 0. The second-order valence-electron chi connectivity index (χ2n) is 6.64. The Balaban J connectivity index is 0.00000420. The van der Waals surface area contributed by atoms with E-state index in [0.29, 0.717) is 31.2 Å². The molecule has 0 heterocycles. The van der Waals surface area contributed by atoms with Crippen LogP contribution in [-0.4, -0.2) is 30.3 Å². The maximum absolute atomic E-state index is 10.4. The van der Waals surface area contributed by atoms with E-state index in [-0.39, 0.29) is 30.1 Å². The number of nitriles is 1. The first-order valence-electron chi connectivity index (χ1n) is 9.47. The second-order valence-corrected chi connectivity index (χ2v) is 6.64. The molecule has 0 saturated heterocycles. The van der Waals surface area contributed by atoms with Crippen LogP contribution in [0.5, 0.6) is 5.75 Å². The van der Waals surface area contributed by atoms with Crippen LogP contribution in [0.3, 0.4) is 0 Å². The van der Waals surface area contributed by atoms with E-state index in [1.165, 1.54) is 0 Å². The van der Waals surface area contributed by atoms with Crippen molar-refractivity contribution in [3.05, 3.63) is 65.2 Å². The number of nitrogens with zero attached hydrogens (tertiary/aromatic N) is 2. The predicted molar refractivity (Wildman–Crippen MR) is 127 cm³/mol. The fraction of sp³-hybridized carbons (Fsp3) is 0.364. The summed E-state index contributed by atoms with van der Waals surface area (Å²) < 4.78 is 5.62. The van der Waals surface area contributed by atoms with E-state index in [9.17, 15) is 5.11 Å². The molecule has 0 aliphatic heterocycles. The molecular weight excluding hydrogens is 479 g/mol. The van der Waals surface area contributed by atoms with Crippen molar-refractivity contribution in [2.45, 2.75) is 39.5 Å². The molecule has 0 radical (unpaired) electrons. The molecular formula is C22H29IN4O2. The summed E-state index contributed by atoms with van der Waals surface area (Å²) in [5.41, 5.74) is 2.38. The Bertz CT molecular complexity index is 816. The molecule has 0 bridgehead atoms. The van der Waals surface area contributed by atoms with Crippen LogP contribution in [0.2, 0.25) is 0 Å². The number of aliphatic imine (C=N–C) groups is 1. The molecule has 1 unspecified atom stereocenters. The van der Waals surface area contributed by atoms with Gasteiger partial charge in [-0.2, -0.15) is 5.26 Å². The molecule has 0 aliphatic rings. The standard InChI is InChI=1S/C22H28N4O2.HI/c1-4-24-22(25-14-18-7-5-6-17(12-18)13-23)26-15-21(27)19-8-10-20(11-9-19)28-16(2)3;/h5-12,16,21,27H,4,14-15H2,1-3H3,(H2,24,25,26);1H. The average molecular weight is 508 g/mol. The van der Waals surface area contributed by atoms with E-state index in [0.717, 1.165) is 16.9 Å². The van der Waals surface area contributed by atoms with E-state index < -0.39 is 6.10 Å². The molecule has 2 aromatic carbocycles. The van der Waals surface area contributed by atoms with E-state index in [1.54, 1.807) is 6.07 Å². The van der Waals surface area contributed by atoms with Gasteiger partial charge in [0.2, 0.25) is 0 Å². The molecule has 2 aromatic rings. The molecule has 1 atom stereocenters. The van der Waals surface area contributed by atoms with Crippen LogP contribution in [0.15, 0.2) is 53.5 Å². The molecule has 0 aliphatic carbocycles. The summed E-state index contributed by atoms with van der Waals surface area (Å²) in [6.45, 7) is 7.42. The highest BCUT2D eigenvalue weighted by Gasteiger charge is 2.09. The van der Waals surface area contributed by atoms with E-state index in [4.69, 9.17) is 10.00 Å². The number of ether oxygens (including phenoxy) is 1. The maximum Gasteiger partial charge on any atom is 0.191 e. The molecule has 0 aromatic heterocycles. The first-order valence-corrected chi connectivity index (χ1v) is 9.47. The minimum atomic E-state index is -0.668. The molecule has 6 nitrogen and oxygen atoms in total. The fourth-order valence-electron chi connectivity index (χ4n) is 2.60. The van der Waals surface area contributed by atoms with Crippen LogP contribution in [0.25, 0.3) is 0 Å². The molecule has 29 heavy (non-hydrogen) atoms. The molecule has 156 valence electrons. The maximum atomic E-state index is 10.4. The Morgan fingerprint density at radius 2 is 1.90 bits per heavy atom. The van der Waals surface area contributed by atoms with Crippen molar-refractivity contribution in [2.24, 2.45) is 4.99 Å². The summed E-state index contributed by atoms with van der Waals surface area (Å²) in [5.74, 6) is 1.40. The van der Waals surface area contributed by atoms with Gasteiger partial charge in [0, 0.05) is 13.1 Å². The van der Waals surface area contributed by atoms with Crippen LogP contribution in [-0.2, 0) is 6.54 Å². The first-order chi connectivity index (χ1) is 13.5. The molecule has 3 N–H and O–H groups in total. The van der Waals surface area contributed by atoms with Crippen molar-refractivity contribution in [3.63, 3.8) is 0 Å². The van der Waals surface area contributed by atoms with Crippen molar-refractivity contribution in [1.82, 2.24) is 10.6 Å². The monoisotopic (exact) mass is 508 g/mol. The van der Waals surface area contributed by atoms with Crippen LogP contribution in [0.1, 0.15) is 43.6 Å². The number of halogens is 1. The van der Waals surface area contributed by atoms with Gasteiger partial charge in [-0.15, -0.1) is 24.0 Å². The number of benzene rings is 2. The normalized spacial score (nSPS) is 11.9. The van der Waals surface area contributed by atoms with Gasteiger partial charge in [-0.25, -0.2) is 4.99 Å².